The van der Waals surface area contributed by atoms with Gasteiger partial charge in [-0.05, 0) is 29.3 Å². The summed E-state index contributed by atoms with van der Waals surface area (Å²) >= 11 is 1.48. The predicted octanol–water partition coefficient (Wildman–Crippen LogP) is 1.51. The highest BCUT2D eigenvalue weighted by atomic mass is 32.1. The van der Waals surface area contributed by atoms with Crippen LogP contribution in [0.2, 0.25) is 0 Å². The van der Waals surface area contributed by atoms with E-state index in [1.54, 1.807) is 0 Å². The molecule has 0 radical (unpaired) electrons. The molecular formula is C17H15N2O3S-. The summed E-state index contributed by atoms with van der Waals surface area (Å²) in [6.07, 6.45) is 0.803. The summed E-state index contributed by atoms with van der Waals surface area (Å²) in [7, 11) is 0. The van der Waals surface area contributed by atoms with Crippen molar-refractivity contribution in [2.75, 3.05) is 0 Å². The van der Waals surface area contributed by atoms with Gasteiger partial charge in [0.25, 0.3) is 5.56 Å². The minimum Gasteiger partial charge on any atom is -0.860 e. The van der Waals surface area contributed by atoms with Crippen molar-refractivity contribution in [3.8, 4) is 5.88 Å². The maximum Gasteiger partial charge on any atom is 0.327 e. The third-order valence-corrected chi connectivity index (χ3v) is 4.52. The highest BCUT2D eigenvalue weighted by Crippen LogP contribution is 2.17. The van der Waals surface area contributed by atoms with Crippen molar-refractivity contribution in [3.05, 3.63) is 84.7 Å². The van der Waals surface area contributed by atoms with E-state index < -0.39 is 17.1 Å². The average Bonchev–Trinajstić information content (AvgIpc) is 3.05. The van der Waals surface area contributed by atoms with Gasteiger partial charge in [-0.25, -0.2) is 4.79 Å². The smallest absolute Gasteiger partial charge is 0.327 e. The third kappa shape index (κ3) is 3.43. The molecule has 0 bridgehead atoms. The van der Waals surface area contributed by atoms with Crippen LogP contribution in [0.25, 0.3) is 0 Å². The second kappa shape index (κ2) is 6.66. The van der Waals surface area contributed by atoms with Gasteiger partial charge < -0.3 is 9.67 Å². The van der Waals surface area contributed by atoms with Crippen molar-refractivity contribution in [1.82, 2.24) is 9.55 Å². The number of nitrogens with zero attached hydrogens (tertiary/aromatic N) is 1. The molecule has 3 aromatic rings. The molecule has 0 amide bonds. The Balaban J connectivity index is 1.90. The number of benzene rings is 1. The van der Waals surface area contributed by atoms with E-state index in [1.165, 1.54) is 11.3 Å². The maximum atomic E-state index is 12.5. The molecule has 3 rings (SSSR count). The monoisotopic (exact) mass is 327 g/mol. The molecular weight excluding hydrogens is 312 g/mol. The van der Waals surface area contributed by atoms with E-state index in [0.717, 1.165) is 15.0 Å². The molecule has 0 aliphatic rings. The van der Waals surface area contributed by atoms with Gasteiger partial charge in [0.15, 0.2) is 0 Å². The van der Waals surface area contributed by atoms with E-state index in [9.17, 15) is 14.7 Å². The minimum absolute atomic E-state index is 0.111. The van der Waals surface area contributed by atoms with Crippen molar-refractivity contribution in [3.63, 3.8) is 0 Å². The number of aromatic amines is 1. The van der Waals surface area contributed by atoms with Crippen LogP contribution in [0.5, 0.6) is 5.88 Å². The van der Waals surface area contributed by atoms with Gasteiger partial charge in [0, 0.05) is 23.4 Å². The minimum atomic E-state index is -0.647. The molecule has 1 aromatic carbocycles. The van der Waals surface area contributed by atoms with Gasteiger partial charge in [0.2, 0.25) is 0 Å². The quantitative estimate of drug-likeness (QED) is 0.771. The molecule has 0 saturated heterocycles. The Labute approximate surface area is 136 Å². The summed E-state index contributed by atoms with van der Waals surface area (Å²) in [6.45, 7) is 0.246. The van der Waals surface area contributed by atoms with E-state index in [0.29, 0.717) is 6.42 Å². The number of aryl methyl sites for hydroxylation is 1. The first kappa shape index (κ1) is 15.3. The lowest BCUT2D eigenvalue weighted by atomic mass is 10.1. The number of aromatic nitrogens is 2. The van der Waals surface area contributed by atoms with Crippen molar-refractivity contribution in [2.45, 2.75) is 19.4 Å². The van der Waals surface area contributed by atoms with E-state index in [4.69, 9.17) is 0 Å². The average molecular weight is 327 g/mol. The summed E-state index contributed by atoms with van der Waals surface area (Å²) < 4.78 is 1.11. The normalized spacial score (nSPS) is 10.8. The van der Waals surface area contributed by atoms with Gasteiger partial charge in [-0.15, -0.1) is 11.3 Å². The van der Waals surface area contributed by atoms with Gasteiger partial charge in [-0.2, -0.15) is 0 Å². The number of hydrogen-bond acceptors (Lipinski definition) is 4. The summed E-state index contributed by atoms with van der Waals surface area (Å²) in [6, 6.07) is 13.3. The maximum absolute atomic E-state index is 12.5. The van der Waals surface area contributed by atoms with Crippen LogP contribution < -0.4 is 16.4 Å². The molecule has 2 aromatic heterocycles. The number of rotatable bonds is 5. The zero-order chi connectivity index (χ0) is 16.2. The first-order valence-corrected chi connectivity index (χ1v) is 8.12. The van der Waals surface area contributed by atoms with Crippen LogP contribution in [0.3, 0.4) is 0 Å². The van der Waals surface area contributed by atoms with Crippen LogP contribution in [0, 0.1) is 0 Å². The van der Waals surface area contributed by atoms with Crippen LogP contribution in [0.15, 0.2) is 57.4 Å². The highest BCUT2D eigenvalue weighted by molar-refractivity contribution is 7.09. The van der Waals surface area contributed by atoms with E-state index >= 15 is 0 Å². The second-order valence-corrected chi connectivity index (χ2v) is 6.22. The van der Waals surface area contributed by atoms with Crippen LogP contribution in [0.4, 0.5) is 0 Å². The molecule has 0 spiro atoms. The van der Waals surface area contributed by atoms with E-state index in [1.807, 2.05) is 47.8 Å². The standard InChI is InChI=1S/C17H16N2O3S/c20-15-14(11-13-7-4-10-23-13)16(21)19(17(22)18-15)9-8-12-5-2-1-3-6-12/h1-7,10,21H,8-9,11H2,(H,18,20,22)/p-1. The molecule has 0 atom stereocenters. The van der Waals surface area contributed by atoms with E-state index in [-0.39, 0.29) is 18.5 Å². The van der Waals surface area contributed by atoms with Crippen molar-refractivity contribution >= 4 is 11.3 Å². The first-order chi connectivity index (χ1) is 11.1. The molecule has 5 nitrogen and oxygen atoms in total. The predicted molar refractivity (Wildman–Crippen MR) is 88.0 cm³/mol. The summed E-state index contributed by atoms with van der Waals surface area (Å²) in [5, 5.41) is 14.4. The van der Waals surface area contributed by atoms with Gasteiger partial charge in [0.05, 0.1) is 0 Å². The fourth-order valence-corrected chi connectivity index (χ4v) is 3.14. The van der Waals surface area contributed by atoms with Gasteiger partial charge in [0.1, 0.15) is 0 Å². The molecule has 0 aliphatic carbocycles. The number of H-pyrrole nitrogens is 1. The van der Waals surface area contributed by atoms with Gasteiger partial charge in [-0.3, -0.25) is 9.78 Å². The molecule has 23 heavy (non-hydrogen) atoms. The number of thiophene rings is 1. The Morgan fingerprint density at radius 1 is 1.09 bits per heavy atom. The van der Waals surface area contributed by atoms with Crippen LogP contribution >= 0.6 is 11.3 Å². The summed E-state index contributed by atoms with van der Waals surface area (Å²) in [4.78, 5) is 27.1. The second-order valence-electron chi connectivity index (χ2n) is 5.19. The summed E-state index contributed by atoms with van der Waals surface area (Å²) in [5.41, 5.74) is -0.0971. The number of hydrogen-bond donors (Lipinski definition) is 1. The first-order valence-electron chi connectivity index (χ1n) is 7.24. The van der Waals surface area contributed by atoms with Crippen LogP contribution in [-0.4, -0.2) is 9.55 Å². The lowest BCUT2D eigenvalue weighted by Crippen LogP contribution is -2.35. The Hall–Kier alpha value is -2.60. The Morgan fingerprint density at radius 3 is 2.57 bits per heavy atom. The fourth-order valence-electron chi connectivity index (χ4n) is 2.42. The Morgan fingerprint density at radius 2 is 1.87 bits per heavy atom. The van der Waals surface area contributed by atoms with Crippen LogP contribution in [0.1, 0.15) is 16.0 Å². The third-order valence-electron chi connectivity index (χ3n) is 3.64. The lowest BCUT2D eigenvalue weighted by molar-refractivity contribution is -0.281. The van der Waals surface area contributed by atoms with Crippen molar-refractivity contribution < 1.29 is 5.11 Å². The Bertz CT molecular complexity index is 896. The SMILES string of the molecule is O=c1[nH]c(=O)n(CCc2ccccc2)c([O-])c1Cc1cccs1. The zero-order valence-electron chi connectivity index (χ0n) is 12.3. The molecule has 0 aliphatic heterocycles. The lowest BCUT2D eigenvalue weighted by Gasteiger charge is -2.19. The van der Waals surface area contributed by atoms with Gasteiger partial charge in [-0.1, -0.05) is 36.4 Å². The molecule has 6 heteroatoms. The largest absolute Gasteiger partial charge is 0.860 e. The highest BCUT2D eigenvalue weighted by Gasteiger charge is 2.09. The van der Waals surface area contributed by atoms with Crippen molar-refractivity contribution in [1.29, 1.82) is 0 Å². The molecule has 0 unspecified atom stereocenters. The molecule has 1 N–H and O–H groups in total. The summed E-state index contributed by atoms with van der Waals surface area (Å²) in [5.74, 6) is -0.497. The number of nitrogens with one attached hydrogen (secondary N) is 1. The topological polar surface area (TPSA) is 77.9 Å². The fraction of sp³-hybridized carbons (Fsp3) is 0.176. The molecule has 0 saturated carbocycles. The van der Waals surface area contributed by atoms with Gasteiger partial charge >= 0.3 is 5.69 Å². The zero-order valence-corrected chi connectivity index (χ0v) is 13.1. The van der Waals surface area contributed by atoms with Crippen molar-refractivity contribution in [2.24, 2.45) is 0 Å². The molecule has 118 valence electrons. The Kier molecular flexibility index (Phi) is 4.43. The molecule has 2 heterocycles. The van der Waals surface area contributed by atoms with E-state index in [2.05, 4.69) is 4.98 Å². The van der Waals surface area contributed by atoms with Crippen LogP contribution in [-0.2, 0) is 19.4 Å². The molecule has 0 fully saturated rings.